The molecule has 1 aliphatic rings. The summed E-state index contributed by atoms with van der Waals surface area (Å²) in [5.41, 5.74) is 0.811. The van der Waals surface area contributed by atoms with Crippen LogP contribution in [0.4, 0.5) is 10.5 Å². The van der Waals surface area contributed by atoms with Gasteiger partial charge < -0.3 is 15.0 Å². The van der Waals surface area contributed by atoms with Crippen molar-refractivity contribution in [1.82, 2.24) is 14.9 Å². The molecule has 1 fully saturated rings. The number of likely N-dealkylation sites (tertiary alicyclic amines) is 1. The zero-order chi connectivity index (χ0) is 15.2. The fourth-order valence-electron chi connectivity index (χ4n) is 2.42. The Balaban J connectivity index is 1.48. The van der Waals surface area contributed by atoms with E-state index in [9.17, 15) is 4.79 Å². The molecule has 2 amide bonds. The van der Waals surface area contributed by atoms with Crippen molar-refractivity contribution < 1.29 is 9.53 Å². The highest BCUT2D eigenvalue weighted by atomic mass is 16.5. The van der Waals surface area contributed by atoms with Crippen LogP contribution in [-0.2, 0) is 0 Å². The van der Waals surface area contributed by atoms with Gasteiger partial charge in [0, 0.05) is 44.0 Å². The predicted molar refractivity (Wildman–Crippen MR) is 82.7 cm³/mol. The van der Waals surface area contributed by atoms with E-state index in [4.69, 9.17) is 4.74 Å². The Labute approximate surface area is 129 Å². The van der Waals surface area contributed by atoms with Crippen LogP contribution in [0.1, 0.15) is 12.8 Å². The first kappa shape index (κ1) is 14.3. The summed E-state index contributed by atoms with van der Waals surface area (Å²) >= 11 is 0. The largest absolute Gasteiger partial charge is 0.473 e. The molecule has 0 saturated carbocycles. The number of carbonyl (C=O) groups is 1. The number of aromatic nitrogens is 2. The zero-order valence-corrected chi connectivity index (χ0v) is 12.2. The molecule has 3 rings (SSSR count). The lowest BCUT2D eigenvalue weighted by Crippen LogP contribution is -2.43. The number of benzene rings is 1. The number of amides is 2. The average molecular weight is 298 g/mol. The van der Waals surface area contributed by atoms with Crippen LogP contribution in [0, 0.1) is 0 Å². The van der Waals surface area contributed by atoms with E-state index in [0.29, 0.717) is 19.0 Å². The van der Waals surface area contributed by atoms with E-state index in [1.54, 1.807) is 18.6 Å². The summed E-state index contributed by atoms with van der Waals surface area (Å²) in [5, 5.41) is 2.90. The first-order valence-electron chi connectivity index (χ1n) is 7.35. The highest BCUT2D eigenvalue weighted by molar-refractivity contribution is 5.89. The molecular formula is C16H18N4O2. The van der Waals surface area contributed by atoms with Gasteiger partial charge in [0.25, 0.3) is 0 Å². The molecule has 114 valence electrons. The number of hydrogen-bond donors (Lipinski definition) is 1. The van der Waals surface area contributed by atoms with Crippen molar-refractivity contribution in [3.63, 3.8) is 0 Å². The number of rotatable bonds is 3. The Morgan fingerprint density at radius 1 is 1.18 bits per heavy atom. The highest BCUT2D eigenvalue weighted by Crippen LogP contribution is 2.17. The minimum absolute atomic E-state index is 0.0656. The van der Waals surface area contributed by atoms with E-state index in [2.05, 4.69) is 15.3 Å². The second-order valence-electron chi connectivity index (χ2n) is 5.14. The van der Waals surface area contributed by atoms with Gasteiger partial charge in [0.15, 0.2) is 0 Å². The van der Waals surface area contributed by atoms with Crippen molar-refractivity contribution in [3.8, 4) is 5.88 Å². The van der Waals surface area contributed by atoms with Crippen LogP contribution >= 0.6 is 0 Å². The number of hydrogen-bond acceptors (Lipinski definition) is 4. The molecule has 6 nitrogen and oxygen atoms in total. The van der Waals surface area contributed by atoms with Crippen LogP contribution in [0.25, 0.3) is 0 Å². The van der Waals surface area contributed by atoms with Crippen LogP contribution in [-0.4, -0.2) is 40.1 Å². The number of piperidine rings is 1. The van der Waals surface area contributed by atoms with E-state index in [1.807, 2.05) is 35.2 Å². The summed E-state index contributed by atoms with van der Waals surface area (Å²) in [6, 6.07) is 9.41. The van der Waals surface area contributed by atoms with Gasteiger partial charge in [-0.15, -0.1) is 0 Å². The maximum absolute atomic E-state index is 12.2. The quantitative estimate of drug-likeness (QED) is 0.945. The van der Waals surface area contributed by atoms with Gasteiger partial charge in [0.2, 0.25) is 5.88 Å². The van der Waals surface area contributed by atoms with Crippen molar-refractivity contribution >= 4 is 11.7 Å². The van der Waals surface area contributed by atoms with E-state index >= 15 is 0 Å². The lowest BCUT2D eigenvalue weighted by molar-refractivity contribution is 0.111. The molecule has 0 bridgehead atoms. The Hall–Kier alpha value is -2.63. The third-order valence-electron chi connectivity index (χ3n) is 3.58. The van der Waals surface area contributed by atoms with E-state index in [-0.39, 0.29) is 12.1 Å². The maximum atomic E-state index is 12.2. The molecule has 6 heteroatoms. The molecule has 2 aromatic rings. The van der Waals surface area contributed by atoms with Gasteiger partial charge in [-0.05, 0) is 12.1 Å². The molecule has 22 heavy (non-hydrogen) atoms. The fourth-order valence-corrected chi connectivity index (χ4v) is 2.42. The standard InChI is InChI=1S/C16H18N4O2/c21-16(19-13-4-2-1-3-5-13)20-10-6-14(7-11-20)22-15-12-17-8-9-18-15/h1-5,8-9,12,14H,6-7,10-11H2,(H,19,21). The third kappa shape index (κ3) is 3.72. The first-order chi connectivity index (χ1) is 10.8. The molecule has 1 aliphatic heterocycles. The van der Waals surface area contributed by atoms with Crippen molar-refractivity contribution in [1.29, 1.82) is 0 Å². The Morgan fingerprint density at radius 2 is 1.95 bits per heavy atom. The highest BCUT2D eigenvalue weighted by Gasteiger charge is 2.24. The number of para-hydroxylation sites is 1. The summed E-state index contributed by atoms with van der Waals surface area (Å²) < 4.78 is 5.77. The van der Waals surface area contributed by atoms with Gasteiger partial charge in [-0.1, -0.05) is 18.2 Å². The van der Waals surface area contributed by atoms with Crippen LogP contribution in [0.15, 0.2) is 48.9 Å². The molecule has 0 aliphatic carbocycles. The molecule has 1 N–H and O–H groups in total. The average Bonchev–Trinajstić information content (AvgIpc) is 2.57. The lowest BCUT2D eigenvalue weighted by Gasteiger charge is -2.31. The van der Waals surface area contributed by atoms with Crippen molar-refractivity contribution in [2.24, 2.45) is 0 Å². The number of carbonyl (C=O) groups excluding carboxylic acids is 1. The molecule has 1 saturated heterocycles. The fraction of sp³-hybridized carbons (Fsp3) is 0.312. The molecule has 0 spiro atoms. The maximum Gasteiger partial charge on any atom is 0.321 e. The third-order valence-corrected chi connectivity index (χ3v) is 3.58. The number of ether oxygens (including phenoxy) is 1. The van der Waals surface area contributed by atoms with Crippen LogP contribution in [0.5, 0.6) is 5.88 Å². The SMILES string of the molecule is O=C(Nc1ccccc1)N1CCC(Oc2cnccn2)CC1. The number of urea groups is 1. The van der Waals surface area contributed by atoms with Gasteiger partial charge in [-0.3, -0.25) is 4.98 Å². The van der Waals surface area contributed by atoms with Crippen LogP contribution in [0.3, 0.4) is 0 Å². The molecule has 0 unspecified atom stereocenters. The summed E-state index contributed by atoms with van der Waals surface area (Å²) in [4.78, 5) is 22.1. The van der Waals surface area contributed by atoms with Gasteiger partial charge in [-0.25, -0.2) is 9.78 Å². The van der Waals surface area contributed by atoms with Crippen molar-refractivity contribution in [2.45, 2.75) is 18.9 Å². The Morgan fingerprint density at radius 3 is 2.64 bits per heavy atom. The Kier molecular flexibility index (Phi) is 4.48. The molecule has 0 radical (unpaired) electrons. The van der Waals surface area contributed by atoms with Crippen molar-refractivity contribution in [3.05, 3.63) is 48.9 Å². The van der Waals surface area contributed by atoms with E-state index in [0.717, 1.165) is 18.5 Å². The second-order valence-corrected chi connectivity index (χ2v) is 5.14. The normalized spacial score (nSPS) is 15.4. The first-order valence-corrected chi connectivity index (χ1v) is 7.35. The zero-order valence-electron chi connectivity index (χ0n) is 12.2. The number of nitrogens with one attached hydrogen (secondary N) is 1. The molecule has 0 atom stereocenters. The number of anilines is 1. The van der Waals surface area contributed by atoms with Gasteiger partial charge in [-0.2, -0.15) is 0 Å². The van der Waals surface area contributed by atoms with E-state index in [1.165, 1.54) is 0 Å². The summed E-state index contributed by atoms with van der Waals surface area (Å²) in [6.07, 6.45) is 6.49. The minimum Gasteiger partial charge on any atom is -0.473 e. The summed E-state index contributed by atoms with van der Waals surface area (Å²) in [7, 11) is 0. The summed E-state index contributed by atoms with van der Waals surface area (Å²) in [6.45, 7) is 1.34. The van der Waals surface area contributed by atoms with Crippen LogP contribution in [0.2, 0.25) is 0 Å². The Bertz CT molecular complexity index is 598. The van der Waals surface area contributed by atoms with E-state index < -0.39 is 0 Å². The van der Waals surface area contributed by atoms with Crippen LogP contribution < -0.4 is 10.1 Å². The lowest BCUT2D eigenvalue weighted by atomic mass is 10.1. The monoisotopic (exact) mass is 298 g/mol. The summed E-state index contributed by atoms with van der Waals surface area (Å²) in [5.74, 6) is 0.537. The minimum atomic E-state index is -0.0656. The predicted octanol–water partition coefficient (Wildman–Crippen LogP) is 2.55. The molecule has 1 aromatic carbocycles. The topological polar surface area (TPSA) is 67.4 Å². The van der Waals surface area contributed by atoms with Gasteiger partial charge in [0.1, 0.15) is 6.10 Å². The van der Waals surface area contributed by atoms with Gasteiger partial charge >= 0.3 is 6.03 Å². The second kappa shape index (κ2) is 6.89. The molecule has 2 heterocycles. The number of nitrogens with zero attached hydrogens (tertiary/aromatic N) is 3. The smallest absolute Gasteiger partial charge is 0.321 e. The molecular weight excluding hydrogens is 280 g/mol. The van der Waals surface area contributed by atoms with Crippen molar-refractivity contribution in [2.75, 3.05) is 18.4 Å². The van der Waals surface area contributed by atoms with Gasteiger partial charge in [0.05, 0.1) is 6.20 Å². The molecule has 1 aromatic heterocycles.